The zero-order valence-corrected chi connectivity index (χ0v) is 30.0. The van der Waals surface area contributed by atoms with Crippen molar-refractivity contribution in [1.82, 2.24) is 19.0 Å². The van der Waals surface area contributed by atoms with Gasteiger partial charge in [-0.25, -0.2) is 22.3 Å². The van der Waals surface area contributed by atoms with E-state index < -0.39 is 27.8 Å². The number of aromatic hydroxyl groups is 1. The molecule has 0 spiro atoms. The molecule has 2 atom stereocenters. The zero-order chi connectivity index (χ0) is 35.8. The van der Waals surface area contributed by atoms with Gasteiger partial charge in [0.25, 0.3) is 5.91 Å². The van der Waals surface area contributed by atoms with Gasteiger partial charge in [-0.1, -0.05) is 30.3 Å². The first-order valence-electron chi connectivity index (χ1n) is 17.6. The van der Waals surface area contributed by atoms with Crippen molar-refractivity contribution in [3.63, 3.8) is 0 Å². The topological polar surface area (TPSA) is 160 Å². The predicted molar refractivity (Wildman–Crippen MR) is 187 cm³/mol. The average Bonchev–Trinajstić information content (AvgIpc) is 3.52. The SMILES string of the molecule is Cc1cc(C[C@@H](OC(=O)N2CCC(N3CCc4ccccc4NC3=O)CC2)C(=O)N2CCC(C3(O)CCN(S(C)(=O)=O)CC3)C2)cc(C)c1O. The van der Waals surface area contributed by atoms with Crippen molar-refractivity contribution >= 4 is 33.7 Å². The van der Waals surface area contributed by atoms with Gasteiger partial charge in [-0.3, -0.25) is 4.79 Å². The highest BCUT2D eigenvalue weighted by Crippen LogP contribution is 2.37. The summed E-state index contributed by atoms with van der Waals surface area (Å²) in [6.07, 6.45) is 2.61. The lowest BCUT2D eigenvalue weighted by Gasteiger charge is -2.41. The summed E-state index contributed by atoms with van der Waals surface area (Å²) in [6, 6.07) is 11.2. The lowest BCUT2D eigenvalue weighted by molar-refractivity contribution is -0.140. The molecule has 0 aromatic heterocycles. The number of urea groups is 1. The quantitative estimate of drug-likeness (QED) is 0.395. The van der Waals surface area contributed by atoms with Crippen LogP contribution in [0, 0.1) is 19.8 Å². The van der Waals surface area contributed by atoms with Crippen LogP contribution in [0.1, 0.15) is 54.4 Å². The summed E-state index contributed by atoms with van der Waals surface area (Å²) in [7, 11) is -3.35. The van der Waals surface area contributed by atoms with Crippen LogP contribution < -0.4 is 5.32 Å². The summed E-state index contributed by atoms with van der Waals surface area (Å²) < 4.78 is 31.4. The van der Waals surface area contributed by atoms with Crippen LogP contribution in [0.4, 0.5) is 15.3 Å². The lowest BCUT2D eigenvalue weighted by atomic mass is 9.79. The van der Waals surface area contributed by atoms with Gasteiger partial charge in [0.15, 0.2) is 6.10 Å². The highest BCUT2D eigenvalue weighted by atomic mass is 32.2. The molecule has 0 bridgehead atoms. The fourth-order valence-corrected chi connectivity index (χ4v) is 8.91. The second-order valence-electron chi connectivity index (χ2n) is 14.4. The normalized spacial score (nSPS) is 22.4. The number of para-hydroxylation sites is 1. The number of aryl methyl sites for hydroxylation is 2. The Morgan fingerprint density at radius 2 is 1.62 bits per heavy atom. The van der Waals surface area contributed by atoms with E-state index in [9.17, 15) is 33.0 Å². The van der Waals surface area contributed by atoms with Crippen LogP contribution >= 0.6 is 0 Å². The molecule has 4 amide bonds. The van der Waals surface area contributed by atoms with E-state index in [1.807, 2.05) is 29.2 Å². The standard InChI is InChI=1S/C36H49N5O8S/c1-24-20-26(21-25(2)32(24)42)22-31(33(43)39-14-9-28(23-39)36(46)12-18-40(19-13-36)50(3,47)48)49-35(45)38-15-10-29(11-16-38)41-17-8-27-6-4-5-7-30(27)37-34(41)44/h4-7,20-21,28-29,31,42,46H,8-19,22-23H2,1-3H3,(H,37,44)/t28?,31-/m1/s1. The molecule has 0 radical (unpaired) electrons. The van der Waals surface area contributed by atoms with Gasteiger partial charge in [-0.15, -0.1) is 0 Å². The van der Waals surface area contributed by atoms with Crippen LogP contribution in [0.25, 0.3) is 0 Å². The number of likely N-dealkylation sites (tertiary alicyclic amines) is 2. The number of benzene rings is 2. The summed E-state index contributed by atoms with van der Waals surface area (Å²) in [5.41, 5.74) is 2.89. The Hall–Kier alpha value is -3.88. The maximum absolute atomic E-state index is 14.1. The predicted octanol–water partition coefficient (Wildman–Crippen LogP) is 3.25. The largest absolute Gasteiger partial charge is 0.507 e. The van der Waals surface area contributed by atoms with Crippen LogP contribution in [-0.4, -0.2) is 125 Å². The van der Waals surface area contributed by atoms with Gasteiger partial charge in [0.05, 0.1) is 11.9 Å². The summed E-state index contributed by atoms with van der Waals surface area (Å²) in [5, 5.41) is 24.9. The zero-order valence-electron chi connectivity index (χ0n) is 29.1. The molecule has 3 fully saturated rings. The van der Waals surface area contributed by atoms with E-state index in [0.717, 1.165) is 23.2 Å². The summed E-state index contributed by atoms with van der Waals surface area (Å²) in [4.78, 5) is 45.9. The number of ether oxygens (including phenoxy) is 1. The Morgan fingerprint density at radius 1 is 0.980 bits per heavy atom. The minimum absolute atomic E-state index is 0.0367. The number of rotatable bonds is 7. The second kappa shape index (κ2) is 14.4. The molecule has 0 aliphatic carbocycles. The summed E-state index contributed by atoms with van der Waals surface area (Å²) >= 11 is 0. The van der Waals surface area contributed by atoms with E-state index in [1.54, 1.807) is 35.8 Å². The number of sulfonamides is 1. The highest BCUT2D eigenvalue weighted by Gasteiger charge is 2.46. The smallest absolute Gasteiger partial charge is 0.410 e. The lowest BCUT2D eigenvalue weighted by Crippen LogP contribution is -2.52. The van der Waals surface area contributed by atoms with Crippen molar-refractivity contribution in [3.8, 4) is 5.75 Å². The number of aliphatic hydroxyl groups is 1. The number of phenols is 1. The van der Waals surface area contributed by atoms with Gasteiger partial charge in [0.1, 0.15) is 5.75 Å². The number of nitrogens with one attached hydrogen (secondary N) is 1. The third-order valence-corrected chi connectivity index (χ3v) is 12.4. The van der Waals surface area contributed by atoms with Crippen LogP contribution in [0.3, 0.4) is 0 Å². The van der Waals surface area contributed by atoms with Gasteiger partial charge in [0, 0.05) is 69.9 Å². The maximum Gasteiger partial charge on any atom is 0.410 e. The molecule has 0 saturated carbocycles. The van der Waals surface area contributed by atoms with E-state index in [2.05, 4.69) is 5.32 Å². The van der Waals surface area contributed by atoms with E-state index >= 15 is 0 Å². The van der Waals surface area contributed by atoms with Gasteiger partial charge in [0.2, 0.25) is 10.0 Å². The molecular weight excluding hydrogens is 662 g/mol. The number of hydrogen-bond acceptors (Lipinski definition) is 8. The summed E-state index contributed by atoms with van der Waals surface area (Å²) in [5.74, 6) is -0.404. The number of hydrogen-bond donors (Lipinski definition) is 3. The molecule has 4 aliphatic heterocycles. The number of phenolic OH excluding ortho intramolecular Hbond substituents is 1. The third kappa shape index (κ3) is 7.71. The van der Waals surface area contributed by atoms with Crippen molar-refractivity contribution in [3.05, 3.63) is 58.7 Å². The molecule has 1 unspecified atom stereocenters. The van der Waals surface area contributed by atoms with Crippen molar-refractivity contribution in [2.24, 2.45) is 5.92 Å². The van der Waals surface area contributed by atoms with Gasteiger partial charge in [-0.05, 0) is 80.7 Å². The van der Waals surface area contributed by atoms with Crippen LogP contribution in [0.5, 0.6) is 5.75 Å². The van der Waals surface area contributed by atoms with E-state index in [-0.39, 0.29) is 55.7 Å². The Labute approximate surface area is 294 Å². The molecule has 13 nitrogen and oxygen atoms in total. The first kappa shape index (κ1) is 35.9. The number of carbonyl (C=O) groups excluding carboxylic acids is 3. The Bertz CT molecular complexity index is 1700. The van der Waals surface area contributed by atoms with Crippen LogP contribution in [0.2, 0.25) is 0 Å². The Morgan fingerprint density at radius 3 is 2.28 bits per heavy atom. The minimum Gasteiger partial charge on any atom is -0.507 e. The van der Waals surface area contributed by atoms with E-state index in [0.29, 0.717) is 69.4 Å². The Balaban J connectivity index is 1.11. The molecule has 272 valence electrons. The number of nitrogens with zero attached hydrogens (tertiary/aromatic N) is 4. The molecule has 14 heteroatoms. The molecule has 4 aliphatic rings. The molecule has 6 rings (SSSR count). The first-order chi connectivity index (χ1) is 23.7. The van der Waals surface area contributed by atoms with Crippen molar-refractivity contribution < 1.29 is 37.8 Å². The number of anilines is 1. The molecule has 2 aromatic carbocycles. The fraction of sp³-hybridized carbons (Fsp3) is 0.583. The van der Waals surface area contributed by atoms with Crippen molar-refractivity contribution in [2.45, 2.75) is 76.5 Å². The third-order valence-electron chi connectivity index (χ3n) is 11.1. The summed E-state index contributed by atoms with van der Waals surface area (Å²) in [6.45, 7) is 6.02. The van der Waals surface area contributed by atoms with Crippen molar-refractivity contribution in [1.29, 1.82) is 0 Å². The number of piperidine rings is 2. The monoisotopic (exact) mass is 711 g/mol. The molecule has 3 saturated heterocycles. The van der Waals surface area contributed by atoms with Crippen LogP contribution in [0.15, 0.2) is 36.4 Å². The molecule has 2 aromatic rings. The molecule has 4 heterocycles. The van der Waals surface area contributed by atoms with Gasteiger partial charge < -0.3 is 35.0 Å². The molecular formula is C36H49N5O8S. The highest BCUT2D eigenvalue weighted by molar-refractivity contribution is 7.88. The van der Waals surface area contributed by atoms with Crippen LogP contribution in [-0.2, 0) is 32.4 Å². The minimum atomic E-state index is -3.35. The first-order valence-corrected chi connectivity index (χ1v) is 19.4. The molecule has 3 N–H and O–H groups in total. The van der Waals surface area contributed by atoms with E-state index in [1.165, 1.54) is 10.6 Å². The average molecular weight is 712 g/mol. The van der Waals surface area contributed by atoms with Gasteiger partial charge >= 0.3 is 12.1 Å². The van der Waals surface area contributed by atoms with E-state index in [4.69, 9.17) is 4.74 Å². The second-order valence-corrected chi connectivity index (χ2v) is 16.4. The molecule has 50 heavy (non-hydrogen) atoms. The number of fused-ring (bicyclic) bond motifs is 1. The van der Waals surface area contributed by atoms with Gasteiger partial charge in [-0.2, -0.15) is 0 Å². The Kier molecular flexibility index (Phi) is 10.3. The van der Waals surface area contributed by atoms with Crippen molar-refractivity contribution in [2.75, 3.05) is 57.4 Å². The number of carbonyl (C=O) groups is 3. The number of amides is 4. The fourth-order valence-electron chi connectivity index (χ4n) is 8.07. The maximum atomic E-state index is 14.1.